The van der Waals surface area contributed by atoms with Gasteiger partial charge in [-0.15, -0.1) is 0 Å². The first-order valence-corrected chi connectivity index (χ1v) is 4.95. The molecule has 2 aromatic rings. The van der Waals surface area contributed by atoms with E-state index >= 15 is 0 Å². The number of aryl methyl sites for hydroxylation is 1. The summed E-state index contributed by atoms with van der Waals surface area (Å²) in [6.45, 7) is 1.91. The van der Waals surface area contributed by atoms with E-state index in [-0.39, 0.29) is 0 Å². The molecule has 0 radical (unpaired) electrons. The Bertz CT molecular complexity index is 479. The lowest BCUT2D eigenvalue weighted by atomic mass is 10.3. The van der Waals surface area contributed by atoms with Crippen LogP contribution >= 0.6 is 11.6 Å². The molecule has 2 rings (SSSR count). The quantitative estimate of drug-likeness (QED) is 0.781. The van der Waals surface area contributed by atoms with E-state index < -0.39 is 0 Å². The number of nitrogens with zero attached hydrogens (tertiary/aromatic N) is 2. The summed E-state index contributed by atoms with van der Waals surface area (Å²) in [4.78, 5) is 0. The maximum Gasteiger partial charge on any atom is 0.133 e. The fraction of sp³-hybridized carbons (Fsp3) is 0.182. The van der Waals surface area contributed by atoms with Crippen LogP contribution in [-0.2, 0) is 0 Å². The maximum atomic E-state index is 6.03. The van der Waals surface area contributed by atoms with E-state index in [4.69, 9.17) is 16.3 Å². The lowest BCUT2D eigenvalue weighted by Gasteiger charge is -2.05. The molecule has 0 fully saturated rings. The van der Waals surface area contributed by atoms with E-state index in [2.05, 4.69) is 5.10 Å². The average molecular weight is 223 g/mol. The van der Waals surface area contributed by atoms with E-state index in [1.54, 1.807) is 11.8 Å². The van der Waals surface area contributed by atoms with Gasteiger partial charge in [0.25, 0.3) is 0 Å². The molecule has 0 unspecified atom stereocenters. The summed E-state index contributed by atoms with van der Waals surface area (Å²) in [6, 6.07) is 9.43. The first-order chi connectivity index (χ1) is 7.20. The van der Waals surface area contributed by atoms with Crippen molar-refractivity contribution in [3.63, 3.8) is 0 Å². The fourth-order valence-electron chi connectivity index (χ4n) is 1.39. The zero-order chi connectivity index (χ0) is 10.8. The van der Waals surface area contributed by atoms with Crippen LogP contribution in [0.1, 0.15) is 5.69 Å². The van der Waals surface area contributed by atoms with E-state index in [0.29, 0.717) is 5.15 Å². The molecule has 0 aliphatic rings. The second kappa shape index (κ2) is 3.95. The normalized spacial score (nSPS) is 10.3. The van der Waals surface area contributed by atoms with Crippen LogP contribution < -0.4 is 4.74 Å². The van der Waals surface area contributed by atoms with Crippen LogP contribution in [0.25, 0.3) is 5.69 Å². The van der Waals surface area contributed by atoms with Crippen LogP contribution in [0, 0.1) is 6.92 Å². The minimum absolute atomic E-state index is 0.598. The summed E-state index contributed by atoms with van der Waals surface area (Å²) < 4.78 is 6.82. The SMILES string of the molecule is COc1cccc(-n2nc(C)cc2Cl)c1. The molecule has 15 heavy (non-hydrogen) atoms. The number of halogens is 1. The first kappa shape index (κ1) is 10.1. The van der Waals surface area contributed by atoms with Gasteiger partial charge in [0.2, 0.25) is 0 Å². The molecule has 1 aromatic heterocycles. The lowest BCUT2D eigenvalue weighted by Crippen LogP contribution is -1.97. The predicted molar refractivity (Wildman–Crippen MR) is 59.9 cm³/mol. The number of aromatic nitrogens is 2. The van der Waals surface area contributed by atoms with Crippen LogP contribution in [0.4, 0.5) is 0 Å². The molecule has 0 saturated carbocycles. The van der Waals surface area contributed by atoms with Gasteiger partial charge in [-0.05, 0) is 25.1 Å². The highest BCUT2D eigenvalue weighted by atomic mass is 35.5. The standard InChI is InChI=1S/C11H11ClN2O/c1-8-6-11(12)14(13-8)9-4-3-5-10(7-9)15-2/h3-7H,1-2H3. The summed E-state index contributed by atoms with van der Waals surface area (Å²) >= 11 is 6.03. The zero-order valence-corrected chi connectivity index (χ0v) is 9.32. The van der Waals surface area contributed by atoms with Gasteiger partial charge in [0, 0.05) is 6.07 Å². The van der Waals surface area contributed by atoms with Crippen LogP contribution in [0.3, 0.4) is 0 Å². The summed E-state index contributed by atoms with van der Waals surface area (Å²) in [5, 5.41) is 4.88. The molecule has 3 nitrogen and oxygen atoms in total. The number of hydrogen-bond acceptors (Lipinski definition) is 2. The fourth-order valence-corrected chi connectivity index (χ4v) is 1.68. The number of rotatable bonds is 2. The zero-order valence-electron chi connectivity index (χ0n) is 8.57. The molecular weight excluding hydrogens is 212 g/mol. The molecule has 4 heteroatoms. The van der Waals surface area contributed by atoms with Crippen molar-refractivity contribution in [2.24, 2.45) is 0 Å². The second-order valence-electron chi connectivity index (χ2n) is 3.22. The van der Waals surface area contributed by atoms with Gasteiger partial charge >= 0.3 is 0 Å². The Labute approximate surface area is 93.2 Å². The van der Waals surface area contributed by atoms with E-state index in [9.17, 15) is 0 Å². The monoisotopic (exact) mass is 222 g/mol. The smallest absolute Gasteiger partial charge is 0.133 e. The third-order valence-electron chi connectivity index (χ3n) is 2.09. The topological polar surface area (TPSA) is 27.1 Å². The van der Waals surface area contributed by atoms with Gasteiger partial charge in [0.15, 0.2) is 0 Å². The van der Waals surface area contributed by atoms with Crippen molar-refractivity contribution in [3.8, 4) is 11.4 Å². The predicted octanol–water partition coefficient (Wildman–Crippen LogP) is 2.84. The van der Waals surface area contributed by atoms with Gasteiger partial charge in [-0.2, -0.15) is 5.10 Å². The highest BCUT2D eigenvalue weighted by molar-refractivity contribution is 6.29. The Hall–Kier alpha value is -1.48. The van der Waals surface area contributed by atoms with Crippen LogP contribution in [0.2, 0.25) is 5.15 Å². The average Bonchev–Trinajstić information content (AvgIpc) is 2.58. The molecule has 0 saturated heterocycles. The summed E-state index contributed by atoms with van der Waals surface area (Å²) in [5.41, 5.74) is 1.79. The van der Waals surface area contributed by atoms with Gasteiger partial charge in [-0.3, -0.25) is 0 Å². The lowest BCUT2D eigenvalue weighted by molar-refractivity contribution is 0.414. The van der Waals surface area contributed by atoms with E-state index in [0.717, 1.165) is 17.1 Å². The molecule has 0 bridgehead atoms. The van der Waals surface area contributed by atoms with Crippen LogP contribution in [0.15, 0.2) is 30.3 Å². The molecule has 1 aromatic carbocycles. The van der Waals surface area contributed by atoms with Crippen molar-refractivity contribution in [3.05, 3.63) is 41.2 Å². The van der Waals surface area contributed by atoms with E-state index in [1.807, 2.05) is 37.3 Å². The minimum Gasteiger partial charge on any atom is -0.497 e. The number of hydrogen-bond donors (Lipinski definition) is 0. The van der Waals surface area contributed by atoms with Gasteiger partial charge in [-0.25, -0.2) is 4.68 Å². The molecule has 0 spiro atoms. The van der Waals surface area contributed by atoms with Crippen molar-refractivity contribution in [1.29, 1.82) is 0 Å². The van der Waals surface area contributed by atoms with Crippen molar-refractivity contribution in [1.82, 2.24) is 9.78 Å². The first-order valence-electron chi connectivity index (χ1n) is 4.57. The van der Waals surface area contributed by atoms with Gasteiger partial charge in [0.1, 0.15) is 10.9 Å². The Kier molecular flexibility index (Phi) is 2.64. The molecule has 1 heterocycles. The third kappa shape index (κ3) is 1.97. The number of ether oxygens (including phenoxy) is 1. The van der Waals surface area contributed by atoms with Gasteiger partial charge < -0.3 is 4.74 Å². The molecule has 0 N–H and O–H groups in total. The van der Waals surface area contributed by atoms with Crippen LogP contribution in [0.5, 0.6) is 5.75 Å². The molecule has 0 amide bonds. The van der Waals surface area contributed by atoms with Gasteiger partial charge in [-0.1, -0.05) is 17.7 Å². The van der Waals surface area contributed by atoms with Crippen molar-refractivity contribution < 1.29 is 4.74 Å². The third-order valence-corrected chi connectivity index (χ3v) is 2.36. The highest BCUT2D eigenvalue weighted by Crippen LogP contribution is 2.20. The molecule has 0 atom stereocenters. The maximum absolute atomic E-state index is 6.03. The Morgan fingerprint density at radius 1 is 1.33 bits per heavy atom. The second-order valence-corrected chi connectivity index (χ2v) is 3.61. The van der Waals surface area contributed by atoms with Gasteiger partial charge in [0.05, 0.1) is 18.5 Å². The molecule has 0 aliphatic carbocycles. The summed E-state index contributed by atoms with van der Waals surface area (Å²) in [6.07, 6.45) is 0. The number of methoxy groups -OCH3 is 1. The van der Waals surface area contributed by atoms with Crippen molar-refractivity contribution >= 4 is 11.6 Å². The van der Waals surface area contributed by atoms with Crippen LogP contribution in [-0.4, -0.2) is 16.9 Å². The Balaban J connectivity index is 2.49. The molecule has 78 valence electrons. The minimum atomic E-state index is 0.598. The largest absolute Gasteiger partial charge is 0.497 e. The highest BCUT2D eigenvalue weighted by Gasteiger charge is 2.05. The Morgan fingerprint density at radius 2 is 2.13 bits per heavy atom. The molecule has 0 aliphatic heterocycles. The number of benzene rings is 1. The van der Waals surface area contributed by atoms with Crippen molar-refractivity contribution in [2.75, 3.05) is 7.11 Å². The summed E-state index contributed by atoms with van der Waals surface area (Å²) in [5.74, 6) is 0.789. The molecular formula is C11H11ClN2O. The Morgan fingerprint density at radius 3 is 2.73 bits per heavy atom. The van der Waals surface area contributed by atoms with Crippen molar-refractivity contribution in [2.45, 2.75) is 6.92 Å². The van der Waals surface area contributed by atoms with E-state index in [1.165, 1.54) is 0 Å². The summed E-state index contributed by atoms with van der Waals surface area (Å²) in [7, 11) is 1.63.